The smallest absolute Gasteiger partial charge is 0.180 e. The molecule has 5 nitrogen and oxygen atoms in total. The number of hydrogen-bond donors (Lipinski definition) is 0. The predicted octanol–water partition coefficient (Wildman–Crippen LogP) is 6.27. The van der Waals surface area contributed by atoms with Crippen LogP contribution in [-0.4, -0.2) is 36.0 Å². The minimum Gasteiger partial charge on any atom is -0.494 e. The number of nitrogens with zero attached hydrogens (tertiary/aromatic N) is 1. The van der Waals surface area contributed by atoms with Crippen LogP contribution < -0.4 is 9.64 Å². The first-order chi connectivity index (χ1) is 18.6. The van der Waals surface area contributed by atoms with Gasteiger partial charge in [-0.25, -0.2) is 4.39 Å². The van der Waals surface area contributed by atoms with Crippen molar-refractivity contribution in [3.8, 4) is 5.75 Å². The largest absolute Gasteiger partial charge is 0.494 e. The first-order valence-corrected chi connectivity index (χ1v) is 13.3. The molecule has 0 amide bonds. The van der Waals surface area contributed by atoms with Gasteiger partial charge < -0.3 is 9.64 Å². The molecule has 1 spiro atoms. The second-order valence-corrected chi connectivity index (χ2v) is 11.5. The normalized spacial score (nSPS) is 22.6. The molecule has 6 heteroatoms. The molecule has 3 aliphatic rings. The third-order valence-corrected chi connectivity index (χ3v) is 8.33. The third-order valence-electron chi connectivity index (χ3n) is 8.33. The number of ketones is 3. The summed E-state index contributed by atoms with van der Waals surface area (Å²) in [5, 5.41) is 0. The van der Waals surface area contributed by atoms with Crippen molar-refractivity contribution in [2.75, 3.05) is 11.5 Å². The molecule has 0 N–H and O–H groups in total. The number of benzene rings is 3. The van der Waals surface area contributed by atoms with Crippen molar-refractivity contribution in [3.05, 3.63) is 101 Å². The number of carbonyl (C=O) groups excluding carboxylic acids is 3. The lowest BCUT2D eigenvalue weighted by Gasteiger charge is -2.38. The zero-order valence-electron chi connectivity index (χ0n) is 22.4. The van der Waals surface area contributed by atoms with Crippen LogP contribution in [-0.2, 0) is 4.79 Å². The Hall–Kier alpha value is -4.06. The highest BCUT2D eigenvalue weighted by Gasteiger charge is 2.72. The molecule has 0 saturated carbocycles. The van der Waals surface area contributed by atoms with Gasteiger partial charge in [0, 0.05) is 39.3 Å². The maximum Gasteiger partial charge on any atom is 0.180 e. The molecule has 1 fully saturated rings. The molecular weight excluding hydrogens is 493 g/mol. The molecule has 39 heavy (non-hydrogen) atoms. The van der Waals surface area contributed by atoms with E-state index in [9.17, 15) is 18.8 Å². The topological polar surface area (TPSA) is 63.7 Å². The van der Waals surface area contributed by atoms with Gasteiger partial charge in [0.05, 0.1) is 18.7 Å². The number of Topliss-reactive ketones (excluding diaryl/α,β-unsaturated/α-hetero) is 3. The molecule has 198 valence electrons. The van der Waals surface area contributed by atoms with Crippen LogP contribution in [0.25, 0.3) is 6.08 Å². The molecule has 0 bridgehead atoms. The standard InChI is InChI=1S/C33H30FNO4/c1-5-39-25-13-9-8-12-23(25)27-28(31(38)32(2,3)4)35-24-16-15-20(34)18-19(24)14-17-26(35)33(27)29(36)21-10-6-7-11-22(21)30(33)37/h6-18,26-28H,5H2,1-4H3/t26-,27+,28+/m0/s1. The summed E-state index contributed by atoms with van der Waals surface area (Å²) in [5.41, 5.74) is 0.194. The molecule has 0 aromatic heterocycles. The maximum atomic E-state index is 14.6. The van der Waals surface area contributed by atoms with E-state index in [1.807, 2.05) is 56.9 Å². The number of para-hydroxylation sites is 1. The molecule has 1 saturated heterocycles. The van der Waals surface area contributed by atoms with E-state index < -0.39 is 34.6 Å². The van der Waals surface area contributed by atoms with Gasteiger partial charge in [0.25, 0.3) is 0 Å². The fourth-order valence-electron chi connectivity index (χ4n) is 6.76. The van der Waals surface area contributed by atoms with Crippen LogP contribution in [0.3, 0.4) is 0 Å². The molecule has 3 aromatic rings. The Kier molecular flexibility index (Phi) is 5.65. The van der Waals surface area contributed by atoms with Gasteiger partial charge in [-0.1, -0.05) is 75.4 Å². The first-order valence-electron chi connectivity index (χ1n) is 13.3. The summed E-state index contributed by atoms with van der Waals surface area (Å²) >= 11 is 0. The Morgan fingerprint density at radius 2 is 1.62 bits per heavy atom. The van der Waals surface area contributed by atoms with Gasteiger partial charge in [0.15, 0.2) is 17.3 Å². The van der Waals surface area contributed by atoms with E-state index in [1.54, 1.807) is 42.5 Å². The third kappa shape index (κ3) is 3.40. The minimum atomic E-state index is -1.61. The van der Waals surface area contributed by atoms with Crippen molar-refractivity contribution in [3.63, 3.8) is 0 Å². The van der Waals surface area contributed by atoms with Crippen molar-refractivity contribution >= 4 is 29.1 Å². The SMILES string of the molecule is CCOc1ccccc1[C@@H]1[C@H](C(=O)C(C)(C)C)N2c3ccc(F)cc3C=C[C@H]2C12C(=O)c1ccccc1C2=O. The predicted molar refractivity (Wildman–Crippen MR) is 148 cm³/mol. The molecule has 3 atom stereocenters. The van der Waals surface area contributed by atoms with Crippen LogP contribution in [0.5, 0.6) is 5.75 Å². The second kappa shape index (κ2) is 8.73. The van der Waals surface area contributed by atoms with Crippen LogP contribution in [0, 0.1) is 16.6 Å². The van der Waals surface area contributed by atoms with Crippen LogP contribution in [0.4, 0.5) is 10.1 Å². The second-order valence-electron chi connectivity index (χ2n) is 11.5. The molecule has 6 rings (SSSR count). The summed E-state index contributed by atoms with van der Waals surface area (Å²) in [6.45, 7) is 7.79. The lowest BCUT2D eigenvalue weighted by molar-refractivity contribution is -0.127. The molecule has 2 aliphatic heterocycles. The number of halogens is 1. The van der Waals surface area contributed by atoms with E-state index in [1.165, 1.54) is 12.1 Å². The number of carbonyl (C=O) groups is 3. The van der Waals surface area contributed by atoms with Gasteiger partial charge in [0.2, 0.25) is 0 Å². The summed E-state index contributed by atoms with van der Waals surface area (Å²) in [7, 11) is 0. The monoisotopic (exact) mass is 523 g/mol. The van der Waals surface area contributed by atoms with Crippen molar-refractivity contribution < 1.29 is 23.5 Å². The van der Waals surface area contributed by atoms with E-state index in [2.05, 4.69) is 0 Å². The summed E-state index contributed by atoms with van der Waals surface area (Å²) in [4.78, 5) is 45.6. The van der Waals surface area contributed by atoms with Crippen LogP contribution in [0.15, 0.2) is 72.8 Å². The number of anilines is 1. The van der Waals surface area contributed by atoms with E-state index in [-0.39, 0.29) is 17.3 Å². The Labute approximate surface area is 227 Å². The highest BCUT2D eigenvalue weighted by Crippen LogP contribution is 2.62. The highest BCUT2D eigenvalue weighted by molar-refractivity contribution is 6.32. The van der Waals surface area contributed by atoms with Gasteiger partial charge in [-0.3, -0.25) is 14.4 Å². The Bertz CT molecular complexity index is 1530. The minimum absolute atomic E-state index is 0.109. The van der Waals surface area contributed by atoms with Crippen LogP contribution in [0.2, 0.25) is 0 Å². The first kappa shape index (κ1) is 25.2. The summed E-state index contributed by atoms with van der Waals surface area (Å²) in [6.07, 6.45) is 3.57. The lowest BCUT2D eigenvalue weighted by atomic mass is 9.63. The van der Waals surface area contributed by atoms with E-state index in [0.29, 0.717) is 40.3 Å². The van der Waals surface area contributed by atoms with E-state index in [0.717, 1.165) is 0 Å². The zero-order chi connectivity index (χ0) is 27.7. The fourth-order valence-corrected chi connectivity index (χ4v) is 6.76. The molecule has 1 aliphatic carbocycles. The van der Waals surface area contributed by atoms with Gasteiger partial charge in [-0.2, -0.15) is 0 Å². The molecule has 0 unspecified atom stereocenters. The quantitative estimate of drug-likeness (QED) is 0.377. The Morgan fingerprint density at radius 3 is 2.26 bits per heavy atom. The summed E-state index contributed by atoms with van der Waals surface area (Å²) < 4.78 is 20.3. The van der Waals surface area contributed by atoms with Crippen LogP contribution >= 0.6 is 0 Å². The number of hydrogen-bond acceptors (Lipinski definition) is 5. The molecular formula is C33H30FNO4. The van der Waals surface area contributed by atoms with Crippen molar-refractivity contribution in [2.45, 2.75) is 45.7 Å². The van der Waals surface area contributed by atoms with Gasteiger partial charge in [0.1, 0.15) is 17.0 Å². The summed E-state index contributed by atoms with van der Waals surface area (Å²) in [6, 6.07) is 17.0. The zero-order valence-corrected chi connectivity index (χ0v) is 22.4. The Balaban J connectivity index is 1.72. The number of fused-ring (bicyclic) bond motifs is 5. The van der Waals surface area contributed by atoms with Gasteiger partial charge in [-0.05, 0) is 31.2 Å². The fraction of sp³-hybridized carbons (Fsp3) is 0.303. The van der Waals surface area contributed by atoms with E-state index >= 15 is 0 Å². The number of ether oxygens (including phenoxy) is 1. The molecule has 0 radical (unpaired) electrons. The highest BCUT2D eigenvalue weighted by atomic mass is 19.1. The van der Waals surface area contributed by atoms with Crippen molar-refractivity contribution in [1.82, 2.24) is 0 Å². The van der Waals surface area contributed by atoms with Gasteiger partial charge in [-0.15, -0.1) is 0 Å². The van der Waals surface area contributed by atoms with Crippen molar-refractivity contribution in [2.24, 2.45) is 10.8 Å². The average molecular weight is 524 g/mol. The maximum absolute atomic E-state index is 14.6. The van der Waals surface area contributed by atoms with E-state index in [4.69, 9.17) is 4.74 Å². The van der Waals surface area contributed by atoms with Gasteiger partial charge >= 0.3 is 0 Å². The lowest BCUT2D eigenvalue weighted by Crippen LogP contribution is -2.49. The molecule has 3 aromatic carbocycles. The van der Waals surface area contributed by atoms with Crippen LogP contribution in [0.1, 0.15) is 65.5 Å². The summed E-state index contributed by atoms with van der Waals surface area (Å²) in [5.74, 6) is -1.41. The molecule has 2 heterocycles. The van der Waals surface area contributed by atoms with Crippen molar-refractivity contribution in [1.29, 1.82) is 0 Å². The number of rotatable bonds is 4. The average Bonchev–Trinajstić information content (AvgIpc) is 3.34. The Morgan fingerprint density at radius 1 is 0.974 bits per heavy atom.